The number of aliphatic hydroxyl groups excluding tert-OH is 1. The van der Waals surface area contributed by atoms with Crippen molar-refractivity contribution in [1.82, 2.24) is 0 Å². The molecule has 0 saturated heterocycles. The average Bonchev–Trinajstić information content (AvgIpc) is 3.43. The Kier molecular flexibility index (Phi) is 11.6. The summed E-state index contributed by atoms with van der Waals surface area (Å²) in [4.78, 5) is 13.0. The van der Waals surface area contributed by atoms with Gasteiger partial charge in [0.25, 0.3) is 0 Å². The average molecular weight is 508 g/mol. The predicted octanol–water partition coefficient (Wildman–Crippen LogP) is 7.94. The molecule has 2 atom stereocenters. The summed E-state index contributed by atoms with van der Waals surface area (Å²) in [6.07, 6.45) is 10.9. The summed E-state index contributed by atoms with van der Waals surface area (Å²) >= 11 is 5.16. The van der Waals surface area contributed by atoms with E-state index in [-0.39, 0.29) is 12.1 Å². The minimum absolute atomic E-state index is 0.234. The van der Waals surface area contributed by atoms with Gasteiger partial charge >= 0.3 is 5.97 Å². The summed E-state index contributed by atoms with van der Waals surface area (Å²) in [6, 6.07) is 12.3. The highest BCUT2D eigenvalue weighted by Crippen LogP contribution is 2.38. The normalized spacial score (nSPS) is 16.3. The van der Waals surface area contributed by atoms with E-state index in [1.54, 1.807) is 0 Å². The number of aliphatic hydroxyl groups is 1. The van der Waals surface area contributed by atoms with Gasteiger partial charge in [-0.15, -0.1) is 11.3 Å². The van der Waals surface area contributed by atoms with Crippen LogP contribution in [0.4, 0.5) is 0 Å². The van der Waals surface area contributed by atoms with Gasteiger partial charge in [-0.1, -0.05) is 85.8 Å². The van der Waals surface area contributed by atoms with Crippen LogP contribution in [0.1, 0.15) is 96.5 Å². The van der Waals surface area contributed by atoms with E-state index >= 15 is 0 Å². The Morgan fingerprint density at radius 3 is 2.48 bits per heavy atom. The van der Waals surface area contributed by atoms with Gasteiger partial charge in [0.1, 0.15) is 4.88 Å². The first-order valence-electron chi connectivity index (χ1n) is 11.3. The third-order valence-electron chi connectivity index (χ3n) is 5.48. The number of halogens is 1. The maximum absolute atomic E-state index is 11.0. The van der Waals surface area contributed by atoms with Gasteiger partial charge in [-0.25, -0.2) is 4.79 Å². The number of benzene rings is 1. The minimum atomic E-state index is -0.303. The molecule has 0 bridgehead atoms. The van der Waals surface area contributed by atoms with Crippen LogP contribution in [0.2, 0.25) is 0 Å². The molecule has 3 nitrogen and oxygen atoms in total. The molecule has 0 saturated carbocycles. The minimum Gasteiger partial charge on any atom is -0.465 e. The zero-order valence-electron chi connectivity index (χ0n) is 18.9. The Balaban J connectivity index is 0.000000245. The third kappa shape index (κ3) is 8.21. The second-order valence-corrected chi connectivity index (χ2v) is 9.99. The van der Waals surface area contributed by atoms with E-state index in [2.05, 4.69) is 64.9 Å². The van der Waals surface area contributed by atoms with Crippen molar-refractivity contribution in [2.75, 3.05) is 7.11 Å². The summed E-state index contributed by atoms with van der Waals surface area (Å²) < 4.78 is 5.91. The lowest BCUT2D eigenvalue weighted by Crippen LogP contribution is -1.99. The van der Waals surface area contributed by atoms with Gasteiger partial charge in [0, 0.05) is 10.8 Å². The Morgan fingerprint density at radius 1 is 1.16 bits per heavy atom. The van der Waals surface area contributed by atoms with Crippen molar-refractivity contribution in [2.45, 2.75) is 77.2 Å². The summed E-state index contributed by atoms with van der Waals surface area (Å²) in [5.74, 6) is 0.286. The molecule has 1 aliphatic carbocycles. The SMILES string of the molecule is CCCCCC(O)c1ccc([C@@H]2CCC=C2Br)cc1.CCCc1ccc(C(=O)OC)s1. The van der Waals surface area contributed by atoms with Crippen molar-refractivity contribution in [3.8, 4) is 0 Å². The summed E-state index contributed by atoms with van der Waals surface area (Å²) in [5.41, 5.74) is 2.41. The molecular weight excluding hydrogens is 472 g/mol. The fourth-order valence-corrected chi connectivity index (χ4v) is 5.42. The molecular formula is C26H35BrO3S. The van der Waals surface area contributed by atoms with Gasteiger partial charge in [-0.05, 0) is 53.4 Å². The van der Waals surface area contributed by atoms with Gasteiger partial charge in [-0.2, -0.15) is 0 Å². The van der Waals surface area contributed by atoms with E-state index < -0.39 is 0 Å². The van der Waals surface area contributed by atoms with E-state index in [1.807, 2.05) is 12.1 Å². The van der Waals surface area contributed by atoms with Crippen LogP contribution < -0.4 is 0 Å². The van der Waals surface area contributed by atoms with Crippen LogP contribution in [0.25, 0.3) is 0 Å². The molecule has 3 rings (SSSR count). The van der Waals surface area contributed by atoms with Crippen LogP contribution >= 0.6 is 27.3 Å². The number of esters is 1. The molecule has 1 unspecified atom stereocenters. The smallest absolute Gasteiger partial charge is 0.348 e. The molecule has 0 aliphatic heterocycles. The highest BCUT2D eigenvalue weighted by atomic mass is 79.9. The van der Waals surface area contributed by atoms with Crippen LogP contribution in [0, 0.1) is 0 Å². The van der Waals surface area contributed by atoms with Crippen LogP contribution in [-0.2, 0) is 11.2 Å². The Morgan fingerprint density at radius 2 is 1.90 bits per heavy atom. The van der Waals surface area contributed by atoms with Crippen molar-refractivity contribution in [2.24, 2.45) is 0 Å². The molecule has 31 heavy (non-hydrogen) atoms. The van der Waals surface area contributed by atoms with Gasteiger partial charge in [0.05, 0.1) is 13.2 Å². The molecule has 1 aromatic heterocycles. The van der Waals surface area contributed by atoms with Crippen molar-refractivity contribution < 1.29 is 14.6 Å². The zero-order chi connectivity index (χ0) is 22.6. The van der Waals surface area contributed by atoms with E-state index in [0.717, 1.165) is 37.7 Å². The Hall–Kier alpha value is -1.43. The molecule has 1 aliphatic rings. The molecule has 1 heterocycles. The number of hydrogen-bond acceptors (Lipinski definition) is 4. The standard InChI is InChI=1S/C17H23BrO.C9H12O2S/c1-2-3-4-8-17(19)14-11-9-13(10-12-14)15-6-5-7-16(15)18;1-3-4-7-5-6-8(12-7)9(10)11-2/h7,9-12,15,17,19H,2-6,8H2,1H3;5-6H,3-4H2,1-2H3/t15-,17?;/m0./s1. The molecule has 1 aromatic carbocycles. The largest absolute Gasteiger partial charge is 0.465 e. The van der Waals surface area contributed by atoms with Crippen molar-refractivity contribution in [3.05, 3.63) is 67.8 Å². The number of rotatable bonds is 9. The van der Waals surface area contributed by atoms with Gasteiger partial charge < -0.3 is 9.84 Å². The quantitative estimate of drug-likeness (QED) is 0.277. The number of unbranched alkanes of at least 4 members (excludes halogenated alkanes) is 2. The highest BCUT2D eigenvalue weighted by molar-refractivity contribution is 9.11. The molecule has 1 N–H and O–H groups in total. The number of carbonyl (C=O) groups excluding carboxylic acids is 1. The highest BCUT2D eigenvalue weighted by Gasteiger charge is 2.19. The first-order valence-corrected chi connectivity index (χ1v) is 12.9. The second-order valence-electron chi connectivity index (χ2n) is 7.90. The van der Waals surface area contributed by atoms with Crippen LogP contribution in [0.3, 0.4) is 0 Å². The van der Waals surface area contributed by atoms with Crippen LogP contribution in [0.15, 0.2) is 47.0 Å². The topological polar surface area (TPSA) is 46.5 Å². The van der Waals surface area contributed by atoms with Crippen LogP contribution in [-0.4, -0.2) is 18.2 Å². The van der Waals surface area contributed by atoms with Crippen molar-refractivity contribution in [3.63, 3.8) is 0 Å². The van der Waals surface area contributed by atoms with E-state index in [0.29, 0.717) is 10.8 Å². The molecule has 5 heteroatoms. The van der Waals surface area contributed by atoms with Crippen molar-refractivity contribution >= 4 is 33.2 Å². The van der Waals surface area contributed by atoms with E-state index in [4.69, 9.17) is 0 Å². The molecule has 0 fully saturated rings. The number of aryl methyl sites for hydroxylation is 1. The Labute approximate surface area is 199 Å². The van der Waals surface area contributed by atoms with Crippen LogP contribution in [0.5, 0.6) is 0 Å². The lowest BCUT2D eigenvalue weighted by Gasteiger charge is -2.14. The summed E-state index contributed by atoms with van der Waals surface area (Å²) in [5, 5.41) is 10.1. The third-order valence-corrected chi connectivity index (χ3v) is 7.48. The monoisotopic (exact) mass is 506 g/mol. The zero-order valence-corrected chi connectivity index (χ0v) is 21.3. The lowest BCUT2D eigenvalue weighted by molar-refractivity contribution is 0.0606. The maximum atomic E-state index is 11.0. The number of allylic oxidation sites excluding steroid dienone is 2. The van der Waals surface area contributed by atoms with E-state index in [9.17, 15) is 9.90 Å². The van der Waals surface area contributed by atoms with Gasteiger partial charge in [-0.3, -0.25) is 0 Å². The second kappa shape index (κ2) is 13.9. The number of hydrogen-bond donors (Lipinski definition) is 1. The summed E-state index contributed by atoms with van der Waals surface area (Å²) in [6.45, 7) is 4.31. The van der Waals surface area contributed by atoms with E-state index in [1.165, 1.54) is 52.6 Å². The lowest BCUT2D eigenvalue weighted by atomic mass is 9.95. The predicted molar refractivity (Wildman–Crippen MR) is 134 cm³/mol. The molecule has 0 radical (unpaired) electrons. The molecule has 0 amide bonds. The number of thiophene rings is 1. The number of methoxy groups -OCH3 is 1. The number of ether oxygens (including phenoxy) is 1. The fraction of sp³-hybridized carbons (Fsp3) is 0.500. The molecule has 0 spiro atoms. The maximum Gasteiger partial charge on any atom is 0.348 e. The summed E-state index contributed by atoms with van der Waals surface area (Å²) in [7, 11) is 1.40. The Bertz CT molecular complexity index is 825. The first-order chi connectivity index (χ1) is 15.0. The molecule has 2 aromatic rings. The van der Waals surface area contributed by atoms with Gasteiger partial charge in [0.15, 0.2) is 0 Å². The first kappa shape index (κ1) is 25.8. The number of carbonyl (C=O) groups is 1. The van der Waals surface area contributed by atoms with Gasteiger partial charge in [0.2, 0.25) is 0 Å². The van der Waals surface area contributed by atoms with Crippen molar-refractivity contribution in [1.29, 1.82) is 0 Å². The molecule has 170 valence electrons. The fourth-order valence-electron chi connectivity index (χ4n) is 3.67.